The van der Waals surface area contributed by atoms with E-state index in [1.54, 1.807) is 17.0 Å². The van der Waals surface area contributed by atoms with Crippen LogP contribution in [0.5, 0.6) is 11.5 Å². The van der Waals surface area contributed by atoms with E-state index in [4.69, 9.17) is 9.47 Å². The Labute approximate surface area is 122 Å². The number of fused-ring (bicyclic) bond motifs is 1. The van der Waals surface area contributed by atoms with Gasteiger partial charge in [0, 0.05) is 13.1 Å². The van der Waals surface area contributed by atoms with Gasteiger partial charge >= 0.3 is 0 Å². The van der Waals surface area contributed by atoms with Gasteiger partial charge in [-0.25, -0.2) is 0 Å². The van der Waals surface area contributed by atoms with E-state index in [0.717, 1.165) is 10.8 Å². The number of morpholine rings is 1. The molecule has 1 amide bonds. The molecule has 5 heteroatoms. The van der Waals surface area contributed by atoms with Gasteiger partial charge in [0.2, 0.25) is 0 Å². The van der Waals surface area contributed by atoms with Gasteiger partial charge in [-0.3, -0.25) is 4.79 Å². The maximum absolute atomic E-state index is 12.0. The van der Waals surface area contributed by atoms with Crippen molar-refractivity contribution in [2.45, 2.75) is 0 Å². The maximum atomic E-state index is 12.0. The van der Waals surface area contributed by atoms with Crippen molar-refractivity contribution < 1.29 is 19.4 Å². The lowest BCUT2D eigenvalue weighted by molar-refractivity contribution is -0.137. The number of hydrogen-bond donors (Lipinski definition) is 1. The fourth-order valence-corrected chi connectivity index (χ4v) is 2.37. The lowest BCUT2D eigenvalue weighted by Gasteiger charge is -2.26. The van der Waals surface area contributed by atoms with Crippen molar-refractivity contribution in [1.29, 1.82) is 0 Å². The summed E-state index contributed by atoms with van der Waals surface area (Å²) in [7, 11) is 0. The number of amides is 1. The smallest absolute Gasteiger partial charge is 0.260 e. The van der Waals surface area contributed by atoms with Crippen LogP contribution in [0, 0.1) is 0 Å². The SMILES string of the molecule is O=C(COc1cc2ccccc2cc1O)N1CCOCC1. The molecule has 1 aliphatic heterocycles. The predicted molar refractivity (Wildman–Crippen MR) is 78.5 cm³/mol. The minimum absolute atomic E-state index is 0.0449. The number of phenolic OH excluding ortho intramolecular Hbond substituents is 1. The molecule has 2 aromatic rings. The number of rotatable bonds is 3. The molecular formula is C16H17NO4. The number of nitrogens with zero attached hydrogens (tertiary/aromatic N) is 1. The number of carbonyl (C=O) groups is 1. The molecule has 5 nitrogen and oxygen atoms in total. The molecule has 0 saturated carbocycles. The van der Waals surface area contributed by atoms with E-state index in [0.29, 0.717) is 32.1 Å². The molecule has 2 aromatic carbocycles. The van der Waals surface area contributed by atoms with Crippen molar-refractivity contribution in [2.24, 2.45) is 0 Å². The van der Waals surface area contributed by atoms with Crippen LogP contribution in [0.3, 0.4) is 0 Å². The molecule has 0 radical (unpaired) electrons. The molecule has 1 heterocycles. The fourth-order valence-electron chi connectivity index (χ4n) is 2.37. The predicted octanol–water partition coefficient (Wildman–Crippen LogP) is 1.78. The van der Waals surface area contributed by atoms with E-state index in [2.05, 4.69) is 0 Å². The largest absolute Gasteiger partial charge is 0.504 e. The number of carbonyl (C=O) groups excluding carboxylic acids is 1. The lowest BCUT2D eigenvalue weighted by Crippen LogP contribution is -2.42. The molecule has 1 N–H and O–H groups in total. The summed E-state index contributed by atoms with van der Waals surface area (Å²) in [4.78, 5) is 13.7. The third-order valence-electron chi connectivity index (χ3n) is 3.54. The molecule has 3 rings (SSSR count). The van der Waals surface area contributed by atoms with Crippen molar-refractivity contribution >= 4 is 16.7 Å². The van der Waals surface area contributed by atoms with Gasteiger partial charge in [-0.2, -0.15) is 0 Å². The number of hydrogen-bond acceptors (Lipinski definition) is 4. The first-order chi connectivity index (χ1) is 10.2. The number of phenols is 1. The Morgan fingerprint density at radius 3 is 2.57 bits per heavy atom. The summed E-state index contributed by atoms with van der Waals surface area (Å²) in [5.74, 6) is 0.282. The van der Waals surface area contributed by atoms with Gasteiger partial charge < -0.3 is 19.5 Å². The van der Waals surface area contributed by atoms with E-state index < -0.39 is 0 Å². The first-order valence-electron chi connectivity index (χ1n) is 6.94. The van der Waals surface area contributed by atoms with Crippen LogP contribution in [-0.4, -0.2) is 48.8 Å². The molecule has 0 atom stereocenters. The van der Waals surface area contributed by atoms with E-state index in [9.17, 15) is 9.90 Å². The lowest BCUT2D eigenvalue weighted by atomic mass is 10.1. The van der Waals surface area contributed by atoms with Crippen molar-refractivity contribution in [2.75, 3.05) is 32.9 Å². The molecule has 1 aliphatic rings. The van der Waals surface area contributed by atoms with Crippen LogP contribution in [0.4, 0.5) is 0 Å². The third kappa shape index (κ3) is 3.08. The third-order valence-corrected chi connectivity index (χ3v) is 3.54. The Kier molecular flexibility index (Phi) is 3.92. The van der Waals surface area contributed by atoms with E-state index >= 15 is 0 Å². The Hall–Kier alpha value is -2.27. The molecule has 0 aromatic heterocycles. The van der Waals surface area contributed by atoms with Crippen LogP contribution in [0.2, 0.25) is 0 Å². The highest BCUT2D eigenvalue weighted by Crippen LogP contribution is 2.31. The standard InChI is InChI=1S/C16H17NO4/c18-14-9-12-3-1-2-4-13(12)10-15(14)21-11-16(19)17-5-7-20-8-6-17/h1-4,9-10,18H,5-8,11H2. The van der Waals surface area contributed by atoms with Crippen molar-refractivity contribution in [3.8, 4) is 11.5 Å². The van der Waals surface area contributed by atoms with Gasteiger partial charge in [0.15, 0.2) is 18.1 Å². The maximum Gasteiger partial charge on any atom is 0.260 e. The minimum Gasteiger partial charge on any atom is -0.504 e. The molecule has 0 bridgehead atoms. The molecule has 0 spiro atoms. The van der Waals surface area contributed by atoms with Gasteiger partial charge in [-0.1, -0.05) is 24.3 Å². The van der Waals surface area contributed by atoms with Crippen molar-refractivity contribution in [3.63, 3.8) is 0 Å². The number of ether oxygens (including phenoxy) is 2. The Morgan fingerprint density at radius 1 is 1.19 bits per heavy atom. The summed E-state index contributed by atoms with van der Waals surface area (Å²) in [6, 6.07) is 11.1. The van der Waals surface area contributed by atoms with Crippen LogP contribution >= 0.6 is 0 Å². The van der Waals surface area contributed by atoms with Gasteiger partial charge in [-0.05, 0) is 22.9 Å². The van der Waals surface area contributed by atoms with Crippen LogP contribution in [0.25, 0.3) is 10.8 Å². The average molecular weight is 287 g/mol. The zero-order valence-corrected chi connectivity index (χ0v) is 11.6. The topological polar surface area (TPSA) is 59.0 Å². The second kappa shape index (κ2) is 6.01. The quantitative estimate of drug-likeness (QED) is 0.935. The molecule has 1 fully saturated rings. The molecule has 110 valence electrons. The zero-order chi connectivity index (χ0) is 14.7. The van der Waals surface area contributed by atoms with Crippen LogP contribution < -0.4 is 4.74 Å². The second-order valence-electron chi connectivity index (χ2n) is 4.95. The average Bonchev–Trinajstić information content (AvgIpc) is 2.53. The molecular weight excluding hydrogens is 270 g/mol. The van der Waals surface area contributed by atoms with Crippen LogP contribution in [0.1, 0.15) is 0 Å². The van der Waals surface area contributed by atoms with Gasteiger partial charge in [0.1, 0.15) is 0 Å². The Morgan fingerprint density at radius 2 is 1.86 bits per heavy atom. The van der Waals surface area contributed by atoms with E-state index in [1.807, 2.05) is 24.3 Å². The van der Waals surface area contributed by atoms with E-state index in [1.165, 1.54) is 0 Å². The van der Waals surface area contributed by atoms with Gasteiger partial charge in [-0.15, -0.1) is 0 Å². The normalized spacial score (nSPS) is 15.1. The van der Waals surface area contributed by atoms with Gasteiger partial charge in [0.05, 0.1) is 13.2 Å². The first kappa shape index (κ1) is 13.7. The molecule has 0 unspecified atom stereocenters. The number of benzene rings is 2. The zero-order valence-electron chi connectivity index (χ0n) is 11.6. The van der Waals surface area contributed by atoms with Gasteiger partial charge in [0.25, 0.3) is 5.91 Å². The van der Waals surface area contributed by atoms with Crippen LogP contribution in [0.15, 0.2) is 36.4 Å². The first-order valence-corrected chi connectivity index (χ1v) is 6.94. The van der Waals surface area contributed by atoms with Crippen molar-refractivity contribution in [3.05, 3.63) is 36.4 Å². The monoisotopic (exact) mass is 287 g/mol. The minimum atomic E-state index is -0.0918. The summed E-state index contributed by atoms with van der Waals surface area (Å²) in [5.41, 5.74) is 0. The fraction of sp³-hybridized carbons (Fsp3) is 0.312. The summed E-state index contributed by atoms with van der Waals surface area (Å²) >= 11 is 0. The van der Waals surface area contributed by atoms with Crippen molar-refractivity contribution in [1.82, 2.24) is 4.90 Å². The Balaban J connectivity index is 1.69. The van der Waals surface area contributed by atoms with Crippen LogP contribution in [-0.2, 0) is 9.53 Å². The number of aromatic hydroxyl groups is 1. The highest BCUT2D eigenvalue weighted by atomic mass is 16.5. The Bertz CT molecular complexity index is 650. The summed E-state index contributed by atoms with van der Waals surface area (Å²) in [6.45, 7) is 2.23. The molecule has 1 saturated heterocycles. The van der Waals surface area contributed by atoms with E-state index in [-0.39, 0.29) is 18.3 Å². The summed E-state index contributed by atoms with van der Waals surface area (Å²) in [6.07, 6.45) is 0. The highest BCUT2D eigenvalue weighted by Gasteiger charge is 2.17. The summed E-state index contributed by atoms with van der Waals surface area (Å²) < 4.78 is 10.7. The summed E-state index contributed by atoms with van der Waals surface area (Å²) in [5, 5.41) is 11.9. The molecule has 21 heavy (non-hydrogen) atoms. The molecule has 0 aliphatic carbocycles. The second-order valence-corrected chi connectivity index (χ2v) is 4.95. The highest BCUT2D eigenvalue weighted by molar-refractivity contribution is 5.86.